The minimum Gasteiger partial charge on any atom is -0.496 e. The summed E-state index contributed by atoms with van der Waals surface area (Å²) in [7, 11) is 4.96. The Morgan fingerprint density at radius 1 is 1.00 bits per heavy atom. The van der Waals surface area contributed by atoms with E-state index in [9.17, 15) is 5.11 Å². The zero-order valence-corrected chi connectivity index (χ0v) is 16.7. The van der Waals surface area contributed by atoms with E-state index in [1.165, 1.54) is 0 Å². The second-order valence-corrected chi connectivity index (χ2v) is 7.83. The summed E-state index contributed by atoms with van der Waals surface area (Å²) >= 11 is 0. The molecule has 7 heteroatoms. The molecule has 2 heterocycles. The Hall–Kier alpha value is -2.25. The fourth-order valence-corrected chi connectivity index (χ4v) is 4.85. The number of aliphatic hydroxyl groups excluding tert-OH is 1. The average molecular weight is 387 g/mol. The Labute approximate surface area is 165 Å². The van der Waals surface area contributed by atoms with Crippen molar-refractivity contribution in [2.45, 2.75) is 31.5 Å². The van der Waals surface area contributed by atoms with Crippen molar-refractivity contribution in [3.8, 4) is 17.2 Å². The molecule has 1 aromatic heterocycles. The molecule has 1 aromatic carbocycles. The lowest BCUT2D eigenvalue weighted by molar-refractivity contribution is 0.0306. The lowest BCUT2D eigenvalue weighted by Gasteiger charge is -2.35. The predicted octanol–water partition coefficient (Wildman–Crippen LogP) is 2.35. The largest absolute Gasteiger partial charge is 0.496 e. The summed E-state index contributed by atoms with van der Waals surface area (Å²) in [6.07, 6.45) is 5.19. The highest BCUT2D eigenvalue weighted by Gasteiger charge is 2.42. The fraction of sp³-hybridized carbons (Fsp3) is 0.571. The van der Waals surface area contributed by atoms with Crippen molar-refractivity contribution in [3.63, 3.8) is 0 Å². The smallest absolute Gasteiger partial charge is 0.164 e. The van der Waals surface area contributed by atoms with Gasteiger partial charge in [0.25, 0.3) is 0 Å². The van der Waals surface area contributed by atoms with Crippen LogP contribution in [0.25, 0.3) is 0 Å². The van der Waals surface area contributed by atoms with Gasteiger partial charge >= 0.3 is 0 Å². The SMILES string of the molecule is COc1cc(OC)c(OC)cc1CN1C[C@H]2C[C@@H](n3cccn3)[C@H](O)C[C@H]2C1. The number of aliphatic hydroxyl groups is 1. The van der Waals surface area contributed by atoms with E-state index in [4.69, 9.17) is 14.2 Å². The van der Waals surface area contributed by atoms with E-state index in [-0.39, 0.29) is 12.1 Å². The number of nitrogens with zero attached hydrogens (tertiary/aromatic N) is 3. The van der Waals surface area contributed by atoms with Gasteiger partial charge in [0.2, 0.25) is 0 Å². The van der Waals surface area contributed by atoms with Crippen LogP contribution in [0.4, 0.5) is 0 Å². The molecule has 0 spiro atoms. The second kappa shape index (κ2) is 8.01. The summed E-state index contributed by atoms with van der Waals surface area (Å²) < 4.78 is 18.4. The molecule has 2 aromatic rings. The quantitative estimate of drug-likeness (QED) is 0.821. The molecule has 0 bridgehead atoms. The second-order valence-electron chi connectivity index (χ2n) is 7.83. The predicted molar refractivity (Wildman–Crippen MR) is 105 cm³/mol. The molecular weight excluding hydrogens is 358 g/mol. The number of benzene rings is 1. The van der Waals surface area contributed by atoms with Crippen LogP contribution in [-0.4, -0.2) is 60.3 Å². The van der Waals surface area contributed by atoms with Crippen LogP contribution in [0.5, 0.6) is 17.2 Å². The molecule has 4 atom stereocenters. The third-order valence-corrected chi connectivity index (χ3v) is 6.23. The van der Waals surface area contributed by atoms with E-state index in [1.54, 1.807) is 27.5 Å². The number of fused-ring (bicyclic) bond motifs is 1. The summed E-state index contributed by atoms with van der Waals surface area (Å²) in [5, 5.41) is 15.0. The van der Waals surface area contributed by atoms with E-state index in [0.717, 1.165) is 43.8 Å². The van der Waals surface area contributed by atoms with Gasteiger partial charge in [0, 0.05) is 43.7 Å². The third-order valence-electron chi connectivity index (χ3n) is 6.23. The molecule has 0 unspecified atom stereocenters. The average Bonchev–Trinajstić information content (AvgIpc) is 3.36. The number of rotatable bonds is 6. The summed E-state index contributed by atoms with van der Waals surface area (Å²) in [6, 6.07) is 5.88. The van der Waals surface area contributed by atoms with Crippen LogP contribution in [-0.2, 0) is 6.54 Å². The number of likely N-dealkylation sites (tertiary alicyclic amines) is 1. The first-order chi connectivity index (χ1) is 13.6. The van der Waals surface area contributed by atoms with Crippen LogP contribution in [0.15, 0.2) is 30.6 Å². The maximum absolute atomic E-state index is 10.6. The van der Waals surface area contributed by atoms with Gasteiger partial charge in [-0.1, -0.05) is 0 Å². The maximum atomic E-state index is 10.6. The topological polar surface area (TPSA) is 69.0 Å². The van der Waals surface area contributed by atoms with Crippen molar-refractivity contribution in [1.82, 2.24) is 14.7 Å². The van der Waals surface area contributed by atoms with Crippen LogP contribution < -0.4 is 14.2 Å². The first kappa shape index (κ1) is 19.1. The molecule has 4 rings (SSSR count). The third kappa shape index (κ3) is 3.56. The van der Waals surface area contributed by atoms with Gasteiger partial charge in [-0.25, -0.2) is 0 Å². The highest BCUT2D eigenvalue weighted by Crippen LogP contribution is 2.42. The summed E-state index contributed by atoms with van der Waals surface area (Å²) in [6.45, 7) is 2.80. The number of hydrogen-bond donors (Lipinski definition) is 1. The van der Waals surface area contributed by atoms with Crippen molar-refractivity contribution in [2.24, 2.45) is 11.8 Å². The first-order valence-corrected chi connectivity index (χ1v) is 9.81. The molecule has 152 valence electrons. The molecule has 1 aliphatic heterocycles. The number of hydrogen-bond acceptors (Lipinski definition) is 6. The van der Waals surface area contributed by atoms with E-state index in [2.05, 4.69) is 10.00 Å². The highest BCUT2D eigenvalue weighted by atomic mass is 16.5. The first-order valence-electron chi connectivity index (χ1n) is 9.81. The molecule has 7 nitrogen and oxygen atoms in total. The molecule has 1 saturated carbocycles. The lowest BCUT2D eigenvalue weighted by atomic mass is 9.77. The fourth-order valence-electron chi connectivity index (χ4n) is 4.85. The standard InChI is InChI=1S/C21H29N3O4/c1-26-19-10-21(28-3)20(27-2)9-16(19)13-23-11-14-7-17(24-6-4-5-22-24)18(25)8-15(14)12-23/h4-6,9-10,14-15,17-18,25H,7-8,11-13H2,1-3H3/t14-,15+,17-,18-/m1/s1. The molecule has 1 aliphatic carbocycles. The van der Waals surface area contributed by atoms with Crippen LogP contribution >= 0.6 is 0 Å². The molecule has 2 aliphatic rings. The zero-order valence-electron chi connectivity index (χ0n) is 16.7. The van der Waals surface area contributed by atoms with Crippen molar-refractivity contribution >= 4 is 0 Å². The van der Waals surface area contributed by atoms with Gasteiger partial charge in [-0.15, -0.1) is 0 Å². The normalized spacial score (nSPS) is 27.4. The molecule has 0 amide bonds. The van der Waals surface area contributed by atoms with Gasteiger partial charge < -0.3 is 19.3 Å². The number of ether oxygens (including phenoxy) is 3. The summed E-state index contributed by atoms with van der Waals surface area (Å²) in [4.78, 5) is 2.46. The van der Waals surface area contributed by atoms with E-state index in [1.807, 2.05) is 29.1 Å². The monoisotopic (exact) mass is 387 g/mol. The highest BCUT2D eigenvalue weighted by molar-refractivity contribution is 5.50. The van der Waals surface area contributed by atoms with E-state index < -0.39 is 0 Å². The minimum atomic E-state index is -0.336. The van der Waals surface area contributed by atoms with Gasteiger partial charge in [-0.05, 0) is 36.8 Å². The number of aromatic nitrogens is 2. The van der Waals surface area contributed by atoms with Gasteiger partial charge in [-0.2, -0.15) is 5.10 Å². The Morgan fingerprint density at radius 2 is 1.68 bits per heavy atom. The summed E-state index contributed by atoms with van der Waals surface area (Å²) in [5.74, 6) is 3.28. The van der Waals surface area contributed by atoms with E-state index >= 15 is 0 Å². The van der Waals surface area contributed by atoms with Crippen LogP contribution in [0.1, 0.15) is 24.4 Å². The minimum absolute atomic E-state index is 0.0758. The number of methoxy groups -OCH3 is 3. The molecule has 2 fully saturated rings. The molecule has 1 N–H and O–H groups in total. The van der Waals surface area contributed by atoms with Gasteiger partial charge in [0.1, 0.15) is 5.75 Å². The van der Waals surface area contributed by atoms with E-state index in [0.29, 0.717) is 23.3 Å². The van der Waals surface area contributed by atoms with Crippen LogP contribution in [0.3, 0.4) is 0 Å². The van der Waals surface area contributed by atoms with Crippen LogP contribution in [0, 0.1) is 11.8 Å². The molecule has 28 heavy (non-hydrogen) atoms. The zero-order chi connectivity index (χ0) is 19.7. The van der Waals surface area contributed by atoms with Gasteiger partial charge in [0.05, 0.1) is 33.5 Å². The van der Waals surface area contributed by atoms with Crippen LogP contribution in [0.2, 0.25) is 0 Å². The van der Waals surface area contributed by atoms with Crippen molar-refractivity contribution < 1.29 is 19.3 Å². The van der Waals surface area contributed by atoms with Gasteiger partial charge in [-0.3, -0.25) is 9.58 Å². The Kier molecular flexibility index (Phi) is 5.46. The molecule has 0 radical (unpaired) electrons. The molecule has 1 saturated heterocycles. The van der Waals surface area contributed by atoms with Crippen molar-refractivity contribution in [2.75, 3.05) is 34.4 Å². The Morgan fingerprint density at radius 3 is 2.32 bits per heavy atom. The Balaban J connectivity index is 1.48. The molecular formula is C21H29N3O4. The summed E-state index contributed by atoms with van der Waals surface area (Å²) in [5.41, 5.74) is 1.09. The van der Waals surface area contributed by atoms with Gasteiger partial charge in [0.15, 0.2) is 11.5 Å². The van der Waals surface area contributed by atoms with Crippen molar-refractivity contribution in [3.05, 3.63) is 36.2 Å². The lowest BCUT2D eigenvalue weighted by Crippen LogP contribution is -2.36. The maximum Gasteiger partial charge on any atom is 0.164 e. The van der Waals surface area contributed by atoms with Crippen molar-refractivity contribution in [1.29, 1.82) is 0 Å². The Bertz CT molecular complexity index is 795.